The molecule has 0 aromatic carbocycles. The van der Waals surface area contributed by atoms with Crippen LogP contribution in [0.1, 0.15) is 19.2 Å². The van der Waals surface area contributed by atoms with Crippen LogP contribution >= 0.6 is 0 Å². The SMILES string of the molecule is CCOCCCc1nc2[nH]c(=O)[nH]c(=O)c2[nH]1. The lowest BCUT2D eigenvalue weighted by molar-refractivity contribution is 0.145. The quantitative estimate of drug-likeness (QED) is 0.633. The summed E-state index contributed by atoms with van der Waals surface area (Å²) < 4.78 is 5.20. The highest BCUT2D eigenvalue weighted by Crippen LogP contribution is 2.03. The summed E-state index contributed by atoms with van der Waals surface area (Å²) >= 11 is 0. The lowest BCUT2D eigenvalue weighted by Crippen LogP contribution is -2.21. The van der Waals surface area contributed by atoms with Gasteiger partial charge in [0, 0.05) is 19.6 Å². The van der Waals surface area contributed by atoms with Crippen molar-refractivity contribution < 1.29 is 4.74 Å². The van der Waals surface area contributed by atoms with E-state index in [1.165, 1.54) is 0 Å². The fourth-order valence-electron chi connectivity index (χ4n) is 1.59. The Hall–Kier alpha value is -1.89. The zero-order chi connectivity index (χ0) is 12.3. The Kier molecular flexibility index (Phi) is 3.38. The summed E-state index contributed by atoms with van der Waals surface area (Å²) in [5, 5.41) is 0. The molecule has 0 bridgehead atoms. The highest BCUT2D eigenvalue weighted by Gasteiger charge is 2.06. The molecule has 0 aliphatic carbocycles. The van der Waals surface area contributed by atoms with Gasteiger partial charge in [0.15, 0.2) is 5.65 Å². The summed E-state index contributed by atoms with van der Waals surface area (Å²) in [7, 11) is 0. The average molecular weight is 238 g/mol. The molecular formula is C10H14N4O3. The van der Waals surface area contributed by atoms with E-state index in [-0.39, 0.29) is 0 Å². The van der Waals surface area contributed by atoms with Crippen molar-refractivity contribution in [2.45, 2.75) is 19.8 Å². The second-order valence-corrected chi connectivity index (χ2v) is 3.62. The molecule has 0 radical (unpaired) electrons. The second-order valence-electron chi connectivity index (χ2n) is 3.62. The van der Waals surface area contributed by atoms with E-state index in [1.807, 2.05) is 6.92 Å². The normalized spacial score (nSPS) is 11.1. The Morgan fingerprint density at radius 2 is 2.06 bits per heavy atom. The molecule has 0 aliphatic heterocycles. The van der Waals surface area contributed by atoms with Crippen LogP contribution in [0.2, 0.25) is 0 Å². The minimum absolute atomic E-state index is 0.296. The predicted molar refractivity (Wildman–Crippen MR) is 62.1 cm³/mol. The molecule has 17 heavy (non-hydrogen) atoms. The number of H-pyrrole nitrogens is 3. The van der Waals surface area contributed by atoms with E-state index in [4.69, 9.17) is 4.74 Å². The van der Waals surface area contributed by atoms with Crippen molar-refractivity contribution in [1.29, 1.82) is 0 Å². The number of nitrogens with zero attached hydrogens (tertiary/aromatic N) is 1. The number of ether oxygens (including phenoxy) is 1. The zero-order valence-corrected chi connectivity index (χ0v) is 9.50. The van der Waals surface area contributed by atoms with Gasteiger partial charge in [-0.25, -0.2) is 9.78 Å². The molecule has 92 valence electrons. The van der Waals surface area contributed by atoms with Gasteiger partial charge < -0.3 is 9.72 Å². The van der Waals surface area contributed by atoms with Crippen molar-refractivity contribution in [3.63, 3.8) is 0 Å². The van der Waals surface area contributed by atoms with Crippen molar-refractivity contribution in [2.75, 3.05) is 13.2 Å². The number of hydrogen-bond donors (Lipinski definition) is 3. The Balaban J connectivity index is 2.18. The summed E-state index contributed by atoms with van der Waals surface area (Å²) in [4.78, 5) is 34.1. The third-order valence-electron chi connectivity index (χ3n) is 2.35. The molecule has 0 saturated heterocycles. The van der Waals surface area contributed by atoms with Crippen molar-refractivity contribution in [3.8, 4) is 0 Å². The molecule has 2 rings (SSSR count). The lowest BCUT2D eigenvalue weighted by Gasteiger charge is -1.97. The number of aromatic amines is 3. The highest BCUT2D eigenvalue weighted by molar-refractivity contribution is 5.68. The van der Waals surface area contributed by atoms with Crippen LogP contribution in [0.25, 0.3) is 11.2 Å². The molecule has 0 aliphatic rings. The third-order valence-corrected chi connectivity index (χ3v) is 2.35. The third kappa shape index (κ3) is 2.62. The number of hydrogen-bond acceptors (Lipinski definition) is 4. The predicted octanol–water partition coefficient (Wildman–Crippen LogP) is -0.0914. The van der Waals surface area contributed by atoms with Gasteiger partial charge in [-0.2, -0.15) is 0 Å². The Morgan fingerprint density at radius 1 is 1.24 bits per heavy atom. The highest BCUT2D eigenvalue weighted by atomic mass is 16.5. The van der Waals surface area contributed by atoms with Crippen LogP contribution in [-0.4, -0.2) is 33.1 Å². The summed E-state index contributed by atoms with van der Waals surface area (Å²) in [6, 6.07) is 0. The van der Waals surface area contributed by atoms with Gasteiger partial charge >= 0.3 is 5.69 Å². The minimum Gasteiger partial charge on any atom is -0.382 e. The topological polar surface area (TPSA) is 104 Å². The standard InChI is InChI=1S/C10H14N4O3/c1-2-17-5-3-4-6-11-7-8(12-6)13-10(16)14-9(7)15/h2-5H2,1H3,(H3,11,12,13,14,15,16). The van der Waals surface area contributed by atoms with Gasteiger partial charge in [0.1, 0.15) is 11.3 Å². The first-order valence-corrected chi connectivity index (χ1v) is 5.49. The molecule has 2 aromatic rings. The maximum atomic E-state index is 11.4. The molecule has 0 spiro atoms. The van der Waals surface area contributed by atoms with Gasteiger partial charge in [-0.1, -0.05) is 0 Å². The van der Waals surface area contributed by atoms with Crippen LogP contribution in [0.4, 0.5) is 0 Å². The summed E-state index contributed by atoms with van der Waals surface area (Å²) in [6.45, 7) is 3.28. The molecule has 7 heteroatoms. The Morgan fingerprint density at radius 3 is 2.82 bits per heavy atom. The number of rotatable bonds is 5. The number of aromatic nitrogens is 4. The lowest BCUT2D eigenvalue weighted by atomic mass is 10.3. The Labute approximate surface area is 96.2 Å². The van der Waals surface area contributed by atoms with E-state index in [0.29, 0.717) is 36.6 Å². The minimum atomic E-state index is -0.546. The number of fused-ring (bicyclic) bond motifs is 1. The zero-order valence-electron chi connectivity index (χ0n) is 9.50. The first-order valence-electron chi connectivity index (χ1n) is 5.49. The van der Waals surface area contributed by atoms with Gasteiger partial charge in [0.25, 0.3) is 5.56 Å². The number of nitrogens with one attached hydrogen (secondary N) is 3. The maximum Gasteiger partial charge on any atom is 0.327 e. The van der Waals surface area contributed by atoms with Crippen LogP contribution in [0.5, 0.6) is 0 Å². The van der Waals surface area contributed by atoms with Gasteiger partial charge in [-0.05, 0) is 13.3 Å². The first kappa shape index (κ1) is 11.6. The molecular weight excluding hydrogens is 224 g/mol. The molecule has 2 aromatic heterocycles. The second kappa shape index (κ2) is 4.96. The summed E-state index contributed by atoms with van der Waals surface area (Å²) in [6.07, 6.45) is 1.49. The van der Waals surface area contributed by atoms with Crippen LogP contribution < -0.4 is 11.2 Å². The molecule has 0 saturated carbocycles. The van der Waals surface area contributed by atoms with E-state index < -0.39 is 11.2 Å². The van der Waals surface area contributed by atoms with E-state index in [0.717, 1.165) is 6.42 Å². The van der Waals surface area contributed by atoms with Crippen LogP contribution in [0.15, 0.2) is 9.59 Å². The van der Waals surface area contributed by atoms with Gasteiger partial charge in [-0.3, -0.25) is 14.8 Å². The van der Waals surface area contributed by atoms with Crippen molar-refractivity contribution in [1.82, 2.24) is 19.9 Å². The number of imidazole rings is 1. The smallest absolute Gasteiger partial charge is 0.327 e. The van der Waals surface area contributed by atoms with Crippen molar-refractivity contribution in [3.05, 3.63) is 26.7 Å². The van der Waals surface area contributed by atoms with Crippen molar-refractivity contribution in [2.24, 2.45) is 0 Å². The molecule has 0 fully saturated rings. The molecule has 3 N–H and O–H groups in total. The summed E-state index contributed by atoms with van der Waals surface area (Å²) in [5.74, 6) is 0.673. The van der Waals surface area contributed by atoms with Crippen LogP contribution in [0.3, 0.4) is 0 Å². The largest absolute Gasteiger partial charge is 0.382 e. The summed E-state index contributed by atoms with van der Waals surface area (Å²) in [5.41, 5.74) is -0.400. The molecule has 7 nitrogen and oxygen atoms in total. The monoisotopic (exact) mass is 238 g/mol. The molecule has 0 unspecified atom stereocenters. The fraction of sp³-hybridized carbons (Fsp3) is 0.500. The first-order chi connectivity index (χ1) is 8.20. The van der Waals surface area contributed by atoms with E-state index in [2.05, 4.69) is 19.9 Å². The average Bonchev–Trinajstić information content (AvgIpc) is 2.67. The number of aryl methyl sites for hydroxylation is 1. The molecule has 2 heterocycles. The Bertz CT molecular complexity index is 610. The van der Waals surface area contributed by atoms with Crippen molar-refractivity contribution >= 4 is 11.2 Å². The molecule has 0 atom stereocenters. The van der Waals surface area contributed by atoms with Gasteiger partial charge in [-0.15, -0.1) is 0 Å². The molecule has 0 amide bonds. The van der Waals surface area contributed by atoms with E-state index in [1.54, 1.807) is 0 Å². The van der Waals surface area contributed by atoms with Gasteiger partial charge in [0.2, 0.25) is 0 Å². The van der Waals surface area contributed by atoms with E-state index in [9.17, 15) is 9.59 Å². The van der Waals surface area contributed by atoms with Crippen LogP contribution in [0, 0.1) is 0 Å². The van der Waals surface area contributed by atoms with E-state index >= 15 is 0 Å². The van der Waals surface area contributed by atoms with Crippen LogP contribution in [-0.2, 0) is 11.2 Å². The van der Waals surface area contributed by atoms with Gasteiger partial charge in [0.05, 0.1) is 0 Å². The fourth-order valence-corrected chi connectivity index (χ4v) is 1.59. The maximum absolute atomic E-state index is 11.4.